The van der Waals surface area contributed by atoms with Crippen LogP contribution in [-0.2, 0) is 0 Å². The fourth-order valence-corrected chi connectivity index (χ4v) is 3.55. The number of oxime groups is 1. The predicted molar refractivity (Wildman–Crippen MR) is 76.9 cm³/mol. The third kappa shape index (κ3) is 2.35. The second-order valence-electron chi connectivity index (χ2n) is 5.88. The molecule has 0 heterocycles. The van der Waals surface area contributed by atoms with Crippen LogP contribution in [0.15, 0.2) is 23.4 Å². The largest absolute Gasteiger partial charge is 0.493 e. The van der Waals surface area contributed by atoms with Crippen LogP contribution in [0.4, 0.5) is 0 Å². The number of benzene rings is 1. The SMILES string of the molecule is COc1ccc(C(C)=NO)cc1OC1CC2CCC1C2. The van der Waals surface area contributed by atoms with E-state index < -0.39 is 0 Å². The lowest BCUT2D eigenvalue weighted by Gasteiger charge is -2.24. The minimum Gasteiger partial charge on any atom is -0.493 e. The number of fused-ring (bicyclic) bond motifs is 2. The molecule has 108 valence electrons. The predicted octanol–water partition coefficient (Wildman–Crippen LogP) is 3.46. The van der Waals surface area contributed by atoms with Crippen molar-refractivity contribution in [3.8, 4) is 11.5 Å². The zero-order valence-electron chi connectivity index (χ0n) is 12.0. The Balaban J connectivity index is 1.83. The van der Waals surface area contributed by atoms with Crippen LogP contribution in [0.3, 0.4) is 0 Å². The van der Waals surface area contributed by atoms with Crippen molar-refractivity contribution < 1.29 is 14.7 Å². The molecule has 2 bridgehead atoms. The van der Waals surface area contributed by atoms with Crippen molar-refractivity contribution in [3.05, 3.63) is 23.8 Å². The topological polar surface area (TPSA) is 51.0 Å². The molecular formula is C16H21NO3. The number of nitrogens with zero attached hydrogens (tertiary/aromatic N) is 1. The fourth-order valence-electron chi connectivity index (χ4n) is 3.55. The van der Waals surface area contributed by atoms with Crippen molar-refractivity contribution in [1.29, 1.82) is 0 Å². The van der Waals surface area contributed by atoms with E-state index >= 15 is 0 Å². The van der Waals surface area contributed by atoms with Crippen LogP contribution in [0.5, 0.6) is 11.5 Å². The van der Waals surface area contributed by atoms with Crippen LogP contribution >= 0.6 is 0 Å². The van der Waals surface area contributed by atoms with E-state index in [1.807, 2.05) is 18.2 Å². The summed E-state index contributed by atoms with van der Waals surface area (Å²) in [6, 6.07) is 5.65. The van der Waals surface area contributed by atoms with Gasteiger partial charge in [0.25, 0.3) is 0 Å². The Labute approximate surface area is 119 Å². The third-order valence-corrected chi connectivity index (χ3v) is 4.68. The Morgan fingerprint density at radius 1 is 1.25 bits per heavy atom. The summed E-state index contributed by atoms with van der Waals surface area (Å²) in [5.41, 5.74) is 1.43. The summed E-state index contributed by atoms with van der Waals surface area (Å²) < 4.78 is 11.6. The molecule has 4 heteroatoms. The average Bonchev–Trinajstić information content (AvgIpc) is 3.09. The molecule has 4 nitrogen and oxygen atoms in total. The van der Waals surface area contributed by atoms with E-state index in [4.69, 9.17) is 14.7 Å². The van der Waals surface area contributed by atoms with E-state index in [0.29, 0.717) is 17.7 Å². The Hall–Kier alpha value is -1.71. The maximum Gasteiger partial charge on any atom is 0.162 e. The van der Waals surface area contributed by atoms with Gasteiger partial charge in [0.15, 0.2) is 11.5 Å². The van der Waals surface area contributed by atoms with Gasteiger partial charge in [0.2, 0.25) is 0 Å². The fraction of sp³-hybridized carbons (Fsp3) is 0.562. The average molecular weight is 275 g/mol. The van der Waals surface area contributed by atoms with Crippen LogP contribution in [-0.4, -0.2) is 24.1 Å². The first-order valence-electron chi connectivity index (χ1n) is 7.25. The van der Waals surface area contributed by atoms with Crippen molar-refractivity contribution in [2.24, 2.45) is 17.0 Å². The number of hydrogen-bond donors (Lipinski definition) is 1. The lowest BCUT2D eigenvalue weighted by atomic mass is 9.97. The molecule has 1 aromatic carbocycles. The first-order chi connectivity index (χ1) is 9.71. The molecule has 20 heavy (non-hydrogen) atoms. The van der Waals surface area contributed by atoms with Gasteiger partial charge in [0, 0.05) is 5.56 Å². The molecule has 0 aliphatic heterocycles. The number of methoxy groups -OCH3 is 1. The normalized spacial score (nSPS) is 28.7. The summed E-state index contributed by atoms with van der Waals surface area (Å²) in [7, 11) is 1.65. The van der Waals surface area contributed by atoms with Gasteiger partial charge in [-0.15, -0.1) is 0 Å². The van der Waals surface area contributed by atoms with Gasteiger partial charge in [0.05, 0.1) is 12.8 Å². The molecule has 2 fully saturated rings. The van der Waals surface area contributed by atoms with Crippen LogP contribution in [0.1, 0.15) is 38.2 Å². The maximum atomic E-state index is 8.89. The summed E-state index contributed by atoms with van der Waals surface area (Å²) in [5, 5.41) is 12.1. The Kier molecular flexibility index (Phi) is 3.55. The maximum absolute atomic E-state index is 8.89. The van der Waals surface area contributed by atoms with Gasteiger partial charge in [-0.25, -0.2) is 0 Å². The minimum atomic E-state index is 0.310. The molecule has 2 saturated carbocycles. The molecule has 1 N–H and O–H groups in total. The van der Waals surface area contributed by atoms with Crippen molar-refractivity contribution in [2.45, 2.75) is 38.7 Å². The molecule has 0 spiro atoms. The van der Waals surface area contributed by atoms with E-state index in [1.165, 1.54) is 19.3 Å². The molecule has 3 atom stereocenters. The van der Waals surface area contributed by atoms with Crippen LogP contribution < -0.4 is 9.47 Å². The molecule has 1 aromatic rings. The Bertz CT molecular complexity index is 526. The molecule has 2 aliphatic carbocycles. The molecule has 0 radical (unpaired) electrons. The van der Waals surface area contributed by atoms with Crippen LogP contribution in [0, 0.1) is 11.8 Å². The minimum absolute atomic E-state index is 0.310. The number of rotatable bonds is 4. The van der Waals surface area contributed by atoms with Crippen LogP contribution in [0.25, 0.3) is 0 Å². The zero-order valence-corrected chi connectivity index (χ0v) is 12.0. The lowest BCUT2D eigenvalue weighted by molar-refractivity contribution is 0.133. The summed E-state index contributed by atoms with van der Waals surface area (Å²) >= 11 is 0. The number of ether oxygens (including phenoxy) is 2. The molecule has 0 amide bonds. The van der Waals surface area contributed by atoms with Crippen molar-refractivity contribution >= 4 is 5.71 Å². The zero-order chi connectivity index (χ0) is 14.1. The monoisotopic (exact) mass is 275 g/mol. The summed E-state index contributed by atoms with van der Waals surface area (Å²) in [6.45, 7) is 1.77. The summed E-state index contributed by atoms with van der Waals surface area (Å²) in [4.78, 5) is 0. The van der Waals surface area contributed by atoms with Crippen molar-refractivity contribution in [2.75, 3.05) is 7.11 Å². The van der Waals surface area contributed by atoms with Crippen LogP contribution in [0.2, 0.25) is 0 Å². The smallest absolute Gasteiger partial charge is 0.162 e. The highest BCUT2D eigenvalue weighted by atomic mass is 16.5. The first kappa shape index (κ1) is 13.3. The molecule has 3 rings (SSSR count). The quantitative estimate of drug-likeness (QED) is 0.520. The van der Waals surface area contributed by atoms with E-state index in [9.17, 15) is 0 Å². The molecule has 0 saturated heterocycles. The van der Waals surface area contributed by atoms with Gasteiger partial charge >= 0.3 is 0 Å². The summed E-state index contributed by atoms with van der Waals surface area (Å²) in [5.74, 6) is 3.04. The van der Waals surface area contributed by atoms with E-state index in [0.717, 1.165) is 29.4 Å². The highest BCUT2D eigenvalue weighted by molar-refractivity contribution is 5.98. The van der Waals surface area contributed by atoms with E-state index in [2.05, 4.69) is 5.16 Å². The number of hydrogen-bond acceptors (Lipinski definition) is 4. The summed E-state index contributed by atoms with van der Waals surface area (Å²) in [6.07, 6.45) is 5.42. The Morgan fingerprint density at radius 2 is 2.10 bits per heavy atom. The first-order valence-corrected chi connectivity index (χ1v) is 7.25. The second-order valence-corrected chi connectivity index (χ2v) is 5.88. The Morgan fingerprint density at radius 3 is 2.70 bits per heavy atom. The highest BCUT2D eigenvalue weighted by Gasteiger charge is 2.41. The molecule has 0 aromatic heterocycles. The lowest BCUT2D eigenvalue weighted by Crippen LogP contribution is -2.23. The molecule has 2 aliphatic rings. The van der Waals surface area contributed by atoms with Gasteiger partial charge in [-0.3, -0.25) is 0 Å². The van der Waals surface area contributed by atoms with Gasteiger partial charge in [-0.2, -0.15) is 0 Å². The van der Waals surface area contributed by atoms with Crippen molar-refractivity contribution in [3.63, 3.8) is 0 Å². The van der Waals surface area contributed by atoms with E-state index in [1.54, 1.807) is 14.0 Å². The molecule has 3 unspecified atom stereocenters. The van der Waals surface area contributed by atoms with Crippen molar-refractivity contribution in [1.82, 2.24) is 0 Å². The van der Waals surface area contributed by atoms with E-state index in [-0.39, 0.29) is 0 Å². The highest BCUT2D eigenvalue weighted by Crippen LogP contribution is 2.46. The third-order valence-electron chi connectivity index (χ3n) is 4.68. The standard InChI is InChI=1S/C16H21NO3/c1-10(17-18)12-5-6-14(19-2)16(9-12)20-15-8-11-3-4-13(15)7-11/h5-6,9,11,13,15,18H,3-4,7-8H2,1-2H3. The van der Waals surface area contributed by atoms with Gasteiger partial charge < -0.3 is 14.7 Å². The van der Waals surface area contributed by atoms with Gasteiger partial charge in [-0.05, 0) is 62.6 Å². The molecular weight excluding hydrogens is 254 g/mol. The second kappa shape index (κ2) is 5.35. The van der Waals surface area contributed by atoms with Gasteiger partial charge in [0.1, 0.15) is 6.10 Å². The van der Waals surface area contributed by atoms with Gasteiger partial charge in [-0.1, -0.05) is 5.16 Å².